The SMILES string of the molecule is CCCCCCc1ccc(C(=O)Nc2nnc(SCCN(CC)CC)s2)cc1. The van der Waals surface area contributed by atoms with Crippen molar-refractivity contribution in [2.45, 2.75) is 57.2 Å². The van der Waals surface area contributed by atoms with Crippen LogP contribution < -0.4 is 5.32 Å². The van der Waals surface area contributed by atoms with E-state index in [0.717, 1.165) is 36.1 Å². The van der Waals surface area contributed by atoms with Gasteiger partial charge in [-0.15, -0.1) is 10.2 Å². The zero-order chi connectivity index (χ0) is 20.2. The molecule has 2 aromatic rings. The molecule has 1 aromatic heterocycles. The van der Waals surface area contributed by atoms with Gasteiger partial charge in [-0.1, -0.05) is 75.3 Å². The molecular weight excluding hydrogens is 388 g/mol. The molecule has 154 valence electrons. The van der Waals surface area contributed by atoms with E-state index >= 15 is 0 Å². The number of hydrogen-bond acceptors (Lipinski definition) is 6. The third kappa shape index (κ3) is 7.89. The van der Waals surface area contributed by atoms with Gasteiger partial charge in [0.2, 0.25) is 5.13 Å². The van der Waals surface area contributed by atoms with Crippen LogP contribution in [-0.2, 0) is 6.42 Å². The Labute approximate surface area is 177 Å². The highest BCUT2D eigenvalue weighted by Crippen LogP contribution is 2.25. The Morgan fingerprint density at radius 2 is 1.82 bits per heavy atom. The summed E-state index contributed by atoms with van der Waals surface area (Å²) in [4.78, 5) is 14.8. The van der Waals surface area contributed by atoms with Gasteiger partial charge in [0, 0.05) is 17.9 Å². The molecule has 1 N–H and O–H groups in total. The average molecular weight is 421 g/mol. The Bertz CT molecular complexity index is 699. The van der Waals surface area contributed by atoms with Gasteiger partial charge in [-0.2, -0.15) is 0 Å². The third-order valence-electron chi connectivity index (χ3n) is 4.69. The number of nitrogens with one attached hydrogen (secondary N) is 1. The summed E-state index contributed by atoms with van der Waals surface area (Å²) in [6.07, 6.45) is 6.09. The van der Waals surface area contributed by atoms with Crippen molar-refractivity contribution >= 4 is 34.1 Å². The normalized spacial score (nSPS) is 11.1. The average Bonchev–Trinajstić information content (AvgIpc) is 3.16. The predicted molar refractivity (Wildman–Crippen MR) is 121 cm³/mol. The number of anilines is 1. The molecule has 7 heteroatoms. The van der Waals surface area contributed by atoms with Crippen molar-refractivity contribution in [2.75, 3.05) is 30.7 Å². The highest BCUT2D eigenvalue weighted by atomic mass is 32.2. The molecule has 0 aliphatic heterocycles. The van der Waals surface area contributed by atoms with Crippen LogP contribution in [-0.4, -0.2) is 46.4 Å². The summed E-state index contributed by atoms with van der Waals surface area (Å²) < 4.78 is 0.893. The lowest BCUT2D eigenvalue weighted by atomic mass is 10.0. The largest absolute Gasteiger partial charge is 0.303 e. The molecule has 0 spiro atoms. The number of unbranched alkanes of at least 4 members (excludes halogenated alkanes) is 3. The molecule has 0 unspecified atom stereocenters. The summed E-state index contributed by atoms with van der Waals surface area (Å²) in [5.41, 5.74) is 1.94. The van der Waals surface area contributed by atoms with E-state index in [1.54, 1.807) is 11.8 Å². The van der Waals surface area contributed by atoms with E-state index in [-0.39, 0.29) is 5.91 Å². The van der Waals surface area contributed by atoms with E-state index in [9.17, 15) is 4.79 Å². The molecule has 1 amide bonds. The molecule has 1 heterocycles. The lowest BCUT2D eigenvalue weighted by molar-refractivity contribution is 0.102. The van der Waals surface area contributed by atoms with Gasteiger partial charge < -0.3 is 4.90 Å². The van der Waals surface area contributed by atoms with Crippen LogP contribution >= 0.6 is 23.1 Å². The van der Waals surface area contributed by atoms with Crippen molar-refractivity contribution in [3.05, 3.63) is 35.4 Å². The zero-order valence-electron chi connectivity index (χ0n) is 17.2. The first kappa shape index (κ1) is 22.8. The quantitative estimate of drug-likeness (QED) is 0.269. The van der Waals surface area contributed by atoms with Crippen LogP contribution in [0.2, 0.25) is 0 Å². The second-order valence-electron chi connectivity index (χ2n) is 6.71. The van der Waals surface area contributed by atoms with Crippen LogP contribution in [0.1, 0.15) is 62.4 Å². The Balaban J connectivity index is 1.78. The van der Waals surface area contributed by atoms with Gasteiger partial charge in [0.05, 0.1) is 0 Å². The van der Waals surface area contributed by atoms with E-state index in [0.29, 0.717) is 10.7 Å². The van der Waals surface area contributed by atoms with Crippen molar-refractivity contribution < 1.29 is 4.79 Å². The minimum Gasteiger partial charge on any atom is -0.303 e. The second kappa shape index (κ2) is 12.9. The van der Waals surface area contributed by atoms with Crippen LogP contribution in [0.5, 0.6) is 0 Å². The fraction of sp³-hybridized carbons (Fsp3) is 0.571. The minimum atomic E-state index is -0.131. The Morgan fingerprint density at radius 3 is 2.50 bits per heavy atom. The molecule has 0 aliphatic carbocycles. The van der Waals surface area contributed by atoms with Crippen molar-refractivity contribution in [1.29, 1.82) is 0 Å². The van der Waals surface area contributed by atoms with Crippen molar-refractivity contribution in [2.24, 2.45) is 0 Å². The van der Waals surface area contributed by atoms with Gasteiger partial charge >= 0.3 is 0 Å². The highest BCUT2D eigenvalue weighted by molar-refractivity contribution is 8.01. The van der Waals surface area contributed by atoms with Gasteiger partial charge in [-0.05, 0) is 43.6 Å². The molecule has 0 bridgehead atoms. The number of hydrogen-bond donors (Lipinski definition) is 1. The minimum absolute atomic E-state index is 0.131. The van der Waals surface area contributed by atoms with E-state index in [4.69, 9.17) is 0 Å². The Hall–Kier alpha value is -1.44. The number of benzene rings is 1. The molecule has 0 aliphatic rings. The topological polar surface area (TPSA) is 58.1 Å². The number of aryl methyl sites for hydroxylation is 1. The van der Waals surface area contributed by atoms with E-state index in [1.165, 1.54) is 42.6 Å². The van der Waals surface area contributed by atoms with Crippen molar-refractivity contribution in [1.82, 2.24) is 15.1 Å². The lowest BCUT2D eigenvalue weighted by Crippen LogP contribution is -2.25. The van der Waals surface area contributed by atoms with E-state index < -0.39 is 0 Å². The van der Waals surface area contributed by atoms with E-state index in [2.05, 4.69) is 53.3 Å². The number of aromatic nitrogens is 2. The molecule has 0 atom stereocenters. The predicted octanol–water partition coefficient (Wildman–Crippen LogP) is 5.35. The monoisotopic (exact) mass is 420 g/mol. The van der Waals surface area contributed by atoms with Gasteiger partial charge in [0.25, 0.3) is 5.91 Å². The summed E-state index contributed by atoms with van der Waals surface area (Å²) in [7, 11) is 0. The molecule has 5 nitrogen and oxygen atoms in total. The number of carbonyl (C=O) groups is 1. The molecule has 0 saturated carbocycles. The maximum absolute atomic E-state index is 12.4. The number of nitrogens with zero attached hydrogens (tertiary/aromatic N) is 3. The van der Waals surface area contributed by atoms with Crippen LogP contribution in [0.15, 0.2) is 28.6 Å². The first-order valence-corrected chi connectivity index (χ1v) is 12.0. The van der Waals surface area contributed by atoms with Crippen LogP contribution in [0.4, 0.5) is 5.13 Å². The van der Waals surface area contributed by atoms with Crippen molar-refractivity contribution in [3.63, 3.8) is 0 Å². The number of amides is 1. The molecule has 28 heavy (non-hydrogen) atoms. The standard InChI is InChI=1S/C21H32N4OS2/c1-4-7-8-9-10-17-11-13-18(14-12-17)19(26)22-20-23-24-21(28-20)27-16-15-25(5-2)6-3/h11-14H,4-10,15-16H2,1-3H3,(H,22,23,26). The third-order valence-corrected chi connectivity index (χ3v) is 6.64. The number of carbonyl (C=O) groups excluding carboxylic acids is 1. The van der Waals surface area contributed by atoms with Gasteiger partial charge in [-0.3, -0.25) is 10.1 Å². The molecule has 0 fully saturated rings. The second-order valence-corrected chi connectivity index (χ2v) is 9.03. The van der Waals surface area contributed by atoms with Crippen LogP contribution in [0.3, 0.4) is 0 Å². The Kier molecular flexibility index (Phi) is 10.5. The number of rotatable bonds is 13. The summed E-state index contributed by atoms with van der Waals surface area (Å²) in [5, 5.41) is 11.7. The lowest BCUT2D eigenvalue weighted by Gasteiger charge is -2.16. The maximum atomic E-state index is 12.4. The molecular formula is C21H32N4OS2. The van der Waals surface area contributed by atoms with Crippen LogP contribution in [0, 0.1) is 0 Å². The van der Waals surface area contributed by atoms with Crippen LogP contribution in [0.25, 0.3) is 0 Å². The highest BCUT2D eigenvalue weighted by Gasteiger charge is 2.11. The molecule has 0 saturated heterocycles. The van der Waals surface area contributed by atoms with Gasteiger partial charge in [0.1, 0.15) is 0 Å². The first-order chi connectivity index (χ1) is 13.7. The van der Waals surface area contributed by atoms with Gasteiger partial charge in [0.15, 0.2) is 4.34 Å². The van der Waals surface area contributed by atoms with Gasteiger partial charge in [-0.25, -0.2) is 0 Å². The fourth-order valence-corrected chi connectivity index (χ4v) is 4.69. The molecule has 1 aromatic carbocycles. The van der Waals surface area contributed by atoms with E-state index in [1.807, 2.05) is 12.1 Å². The summed E-state index contributed by atoms with van der Waals surface area (Å²) in [6.45, 7) is 9.72. The fourth-order valence-electron chi connectivity index (χ4n) is 2.87. The molecule has 2 rings (SSSR count). The number of thioether (sulfide) groups is 1. The summed E-state index contributed by atoms with van der Waals surface area (Å²) >= 11 is 3.12. The molecule has 0 radical (unpaired) electrons. The zero-order valence-corrected chi connectivity index (χ0v) is 18.9. The summed E-state index contributed by atoms with van der Waals surface area (Å²) in [6, 6.07) is 7.89. The summed E-state index contributed by atoms with van der Waals surface area (Å²) in [5.74, 6) is 0.845. The maximum Gasteiger partial charge on any atom is 0.257 e. The smallest absolute Gasteiger partial charge is 0.257 e. The Morgan fingerprint density at radius 1 is 1.07 bits per heavy atom. The van der Waals surface area contributed by atoms with Crippen molar-refractivity contribution in [3.8, 4) is 0 Å². The first-order valence-electron chi connectivity index (χ1n) is 10.2.